The lowest BCUT2D eigenvalue weighted by Crippen LogP contribution is -2.45. The molecule has 0 radical (unpaired) electrons. The number of nitrogens with zero attached hydrogens (tertiary/aromatic N) is 1. The van der Waals surface area contributed by atoms with Crippen LogP contribution in [0.25, 0.3) is 16.5 Å². The van der Waals surface area contributed by atoms with Crippen molar-refractivity contribution in [3.63, 3.8) is 0 Å². The van der Waals surface area contributed by atoms with Crippen LogP contribution in [0.1, 0.15) is 11.1 Å². The van der Waals surface area contributed by atoms with Crippen molar-refractivity contribution in [3.8, 4) is 0 Å². The Morgan fingerprint density at radius 3 is 2.85 bits per heavy atom. The van der Waals surface area contributed by atoms with Gasteiger partial charge in [0.15, 0.2) is 0 Å². The molecule has 26 heavy (non-hydrogen) atoms. The number of fused-ring (bicyclic) bond motifs is 2. The minimum Gasteiger partial charge on any atom is -0.361 e. The minimum atomic E-state index is -0.151. The Bertz CT molecular complexity index is 1020. The molecule has 2 aromatic carbocycles. The molecule has 1 aliphatic carbocycles. The van der Waals surface area contributed by atoms with Crippen LogP contribution in [0.4, 0.5) is 5.69 Å². The number of aromatic nitrogens is 1. The number of H-pyrrole nitrogens is 1. The summed E-state index contributed by atoms with van der Waals surface area (Å²) in [4.78, 5) is 18.5. The van der Waals surface area contributed by atoms with Gasteiger partial charge in [0, 0.05) is 35.4 Å². The molecule has 1 amide bonds. The fourth-order valence-electron chi connectivity index (χ4n) is 4.37. The fraction of sp³-hybridized carbons (Fsp3) is 0.227. The van der Waals surface area contributed by atoms with Gasteiger partial charge in [-0.15, -0.1) is 0 Å². The van der Waals surface area contributed by atoms with Gasteiger partial charge < -0.3 is 10.3 Å². The van der Waals surface area contributed by atoms with E-state index in [4.69, 9.17) is 0 Å². The van der Waals surface area contributed by atoms with Gasteiger partial charge in [-0.3, -0.25) is 9.69 Å². The molecule has 2 N–H and O–H groups in total. The molecule has 0 spiro atoms. The summed E-state index contributed by atoms with van der Waals surface area (Å²) in [5.74, 6) is -0.0942. The Hall–Kier alpha value is -2.85. The Labute approximate surface area is 152 Å². The van der Waals surface area contributed by atoms with Crippen molar-refractivity contribution >= 4 is 28.1 Å². The quantitative estimate of drug-likeness (QED) is 0.746. The third kappa shape index (κ3) is 2.37. The largest absolute Gasteiger partial charge is 0.361 e. The van der Waals surface area contributed by atoms with Crippen molar-refractivity contribution in [2.24, 2.45) is 5.92 Å². The SMILES string of the molecule is CN1C[C@H](C(=O)Nc2ccccc2)C=C2c3cccc4[nH]cc(c34)C[C@H]21. The number of likely N-dealkylation sites (N-methyl/N-ethyl adjacent to an activating group) is 1. The summed E-state index contributed by atoms with van der Waals surface area (Å²) < 4.78 is 0. The molecule has 0 unspecified atom stereocenters. The Balaban J connectivity index is 1.53. The second-order valence-corrected chi connectivity index (χ2v) is 7.29. The van der Waals surface area contributed by atoms with E-state index in [0.29, 0.717) is 6.04 Å². The molecule has 4 heteroatoms. The number of rotatable bonds is 2. The number of carbonyl (C=O) groups is 1. The van der Waals surface area contributed by atoms with Crippen molar-refractivity contribution in [3.05, 3.63) is 71.9 Å². The van der Waals surface area contributed by atoms with Gasteiger partial charge in [-0.05, 0) is 48.4 Å². The van der Waals surface area contributed by atoms with E-state index in [2.05, 4.69) is 52.7 Å². The third-order valence-electron chi connectivity index (χ3n) is 5.65. The summed E-state index contributed by atoms with van der Waals surface area (Å²) in [6.07, 6.45) is 5.31. The summed E-state index contributed by atoms with van der Waals surface area (Å²) in [6.45, 7) is 0.739. The maximum absolute atomic E-state index is 12.8. The van der Waals surface area contributed by atoms with E-state index in [0.717, 1.165) is 18.7 Å². The van der Waals surface area contributed by atoms with Gasteiger partial charge in [-0.25, -0.2) is 0 Å². The number of hydrogen-bond donors (Lipinski definition) is 2. The van der Waals surface area contributed by atoms with E-state index in [1.165, 1.54) is 27.6 Å². The second kappa shape index (κ2) is 5.85. The molecule has 0 bridgehead atoms. The average molecular weight is 343 g/mol. The lowest BCUT2D eigenvalue weighted by atomic mass is 9.80. The van der Waals surface area contributed by atoms with Gasteiger partial charge >= 0.3 is 0 Å². The highest BCUT2D eigenvalue weighted by Gasteiger charge is 2.35. The summed E-state index contributed by atoms with van der Waals surface area (Å²) in [5, 5.41) is 4.36. The molecule has 3 aromatic rings. The van der Waals surface area contributed by atoms with Gasteiger partial charge in [0.25, 0.3) is 0 Å². The maximum Gasteiger partial charge on any atom is 0.232 e. The third-order valence-corrected chi connectivity index (χ3v) is 5.65. The summed E-state index contributed by atoms with van der Waals surface area (Å²) in [5.41, 5.74) is 5.94. The lowest BCUT2D eigenvalue weighted by Gasteiger charge is -2.39. The minimum absolute atomic E-state index is 0.0565. The molecule has 2 aliphatic rings. The normalized spacial score (nSPS) is 22.0. The number of carbonyl (C=O) groups excluding carboxylic acids is 1. The predicted octanol–water partition coefficient (Wildman–Crippen LogP) is 3.68. The molecule has 0 fully saturated rings. The molecule has 0 saturated carbocycles. The van der Waals surface area contributed by atoms with E-state index in [1.54, 1.807) is 0 Å². The Morgan fingerprint density at radius 2 is 2.00 bits per heavy atom. The van der Waals surface area contributed by atoms with Crippen molar-refractivity contribution in [1.29, 1.82) is 0 Å². The monoisotopic (exact) mass is 343 g/mol. The molecule has 5 rings (SSSR count). The zero-order valence-electron chi connectivity index (χ0n) is 14.7. The van der Waals surface area contributed by atoms with Gasteiger partial charge in [0.2, 0.25) is 5.91 Å². The average Bonchev–Trinajstić information content (AvgIpc) is 3.08. The van der Waals surface area contributed by atoms with E-state index >= 15 is 0 Å². The standard InChI is InChI=1S/C22H21N3O/c1-25-13-15(22(26)24-16-6-3-2-4-7-16)10-18-17-8-5-9-19-21(17)14(12-23-19)11-20(18)25/h2-10,12,15,20,23H,11,13H2,1H3,(H,24,26)/t15-,20-/m1/s1. The first kappa shape index (κ1) is 15.4. The van der Waals surface area contributed by atoms with Crippen LogP contribution in [0.15, 0.2) is 60.8 Å². The molecular formula is C22H21N3O. The van der Waals surface area contributed by atoms with Crippen LogP contribution in [-0.4, -0.2) is 35.4 Å². The smallest absolute Gasteiger partial charge is 0.232 e. The second-order valence-electron chi connectivity index (χ2n) is 7.29. The van der Waals surface area contributed by atoms with Gasteiger partial charge in [0.05, 0.1) is 5.92 Å². The van der Waals surface area contributed by atoms with E-state index in [1.807, 2.05) is 30.3 Å². The number of benzene rings is 2. The van der Waals surface area contributed by atoms with Gasteiger partial charge in [-0.1, -0.05) is 36.4 Å². The molecule has 2 heterocycles. The molecule has 0 saturated heterocycles. The number of hydrogen-bond acceptors (Lipinski definition) is 2. The fourth-order valence-corrected chi connectivity index (χ4v) is 4.37. The van der Waals surface area contributed by atoms with E-state index in [9.17, 15) is 4.79 Å². The van der Waals surface area contributed by atoms with Crippen LogP contribution in [0.3, 0.4) is 0 Å². The molecule has 2 atom stereocenters. The van der Waals surface area contributed by atoms with Crippen molar-refractivity contribution in [2.75, 3.05) is 18.9 Å². The topological polar surface area (TPSA) is 48.1 Å². The summed E-state index contributed by atoms with van der Waals surface area (Å²) in [7, 11) is 2.12. The molecule has 1 aromatic heterocycles. The van der Waals surface area contributed by atoms with E-state index < -0.39 is 0 Å². The molecule has 4 nitrogen and oxygen atoms in total. The highest BCUT2D eigenvalue weighted by atomic mass is 16.1. The van der Waals surface area contributed by atoms with Gasteiger partial charge in [-0.2, -0.15) is 0 Å². The van der Waals surface area contributed by atoms with Crippen LogP contribution in [0, 0.1) is 5.92 Å². The lowest BCUT2D eigenvalue weighted by molar-refractivity contribution is -0.119. The van der Waals surface area contributed by atoms with Gasteiger partial charge in [0.1, 0.15) is 0 Å². The molecule has 1 aliphatic heterocycles. The summed E-state index contributed by atoms with van der Waals surface area (Å²) in [6, 6.07) is 16.4. The highest BCUT2D eigenvalue weighted by molar-refractivity contribution is 6.01. The molecule has 130 valence electrons. The number of aromatic amines is 1. The first-order valence-electron chi connectivity index (χ1n) is 9.08. The Morgan fingerprint density at radius 1 is 1.15 bits per heavy atom. The zero-order chi connectivity index (χ0) is 17.7. The Kier molecular flexibility index (Phi) is 3.47. The van der Waals surface area contributed by atoms with Crippen LogP contribution >= 0.6 is 0 Å². The highest BCUT2D eigenvalue weighted by Crippen LogP contribution is 2.40. The zero-order valence-corrected chi connectivity index (χ0v) is 14.7. The predicted molar refractivity (Wildman–Crippen MR) is 105 cm³/mol. The number of amides is 1. The molecular weight excluding hydrogens is 322 g/mol. The number of para-hydroxylation sites is 1. The first-order valence-corrected chi connectivity index (χ1v) is 9.08. The number of anilines is 1. The van der Waals surface area contributed by atoms with Crippen molar-refractivity contribution < 1.29 is 4.79 Å². The number of nitrogens with one attached hydrogen (secondary N) is 2. The van der Waals surface area contributed by atoms with Crippen LogP contribution in [-0.2, 0) is 11.2 Å². The van der Waals surface area contributed by atoms with Crippen LogP contribution < -0.4 is 5.32 Å². The first-order chi connectivity index (χ1) is 12.7. The van der Waals surface area contributed by atoms with Crippen LogP contribution in [0.5, 0.6) is 0 Å². The van der Waals surface area contributed by atoms with E-state index in [-0.39, 0.29) is 11.8 Å². The summed E-state index contributed by atoms with van der Waals surface area (Å²) >= 11 is 0. The van der Waals surface area contributed by atoms with Crippen molar-refractivity contribution in [2.45, 2.75) is 12.5 Å². The maximum atomic E-state index is 12.8. The van der Waals surface area contributed by atoms with Crippen molar-refractivity contribution in [1.82, 2.24) is 9.88 Å². The van der Waals surface area contributed by atoms with Crippen LogP contribution in [0.2, 0.25) is 0 Å².